The van der Waals surface area contributed by atoms with Crippen molar-refractivity contribution in [3.8, 4) is 0 Å². The van der Waals surface area contributed by atoms with E-state index in [2.05, 4.69) is 6.92 Å². The summed E-state index contributed by atoms with van der Waals surface area (Å²) in [5.41, 5.74) is -0.519. The molecule has 0 bridgehead atoms. The van der Waals surface area contributed by atoms with Crippen LogP contribution in [-0.4, -0.2) is 35.0 Å². The van der Waals surface area contributed by atoms with E-state index in [1.807, 2.05) is 20.8 Å². The van der Waals surface area contributed by atoms with Crippen LogP contribution in [0.15, 0.2) is 0 Å². The number of ketones is 2. The Kier molecular flexibility index (Phi) is 4.39. The zero-order valence-corrected chi connectivity index (χ0v) is 16.7. The summed E-state index contributed by atoms with van der Waals surface area (Å²) < 4.78 is 6.16. The molecular formula is C22H34O4. The topological polar surface area (TPSA) is 63.6 Å². The van der Waals surface area contributed by atoms with Crippen LogP contribution in [0, 0.1) is 34.5 Å². The highest BCUT2D eigenvalue weighted by Gasteiger charge is 2.64. The SMILES string of the molecule is CC(C)O[C@H]1[C@H](O)CC[C@@]2(C)[C@H]1CC[C@@H]1[C@@H]2C(=O)C[C@]2(C)C(=O)CC[C@@H]12. The summed E-state index contributed by atoms with van der Waals surface area (Å²) >= 11 is 0. The first-order valence-electron chi connectivity index (χ1n) is 10.6. The first-order valence-corrected chi connectivity index (χ1v) is 10.6. The standard InChI is InChI=1S/C22H34O4/c1-12(2)26-20-15-6-5-13-14-7-8-18(25)22(14,4)11-17(24)19(13)21(15,3)10-9-16(20)23/h12-16,19-20,23H,5-11H2,1-4H3/t13-,14-,15-,16+,19+,20+,21-,22-/m0/s1. The number of fused-ring (bicyclic) bond motifs is 5. The second kappa shape index (κ2) is 6.13. The Morgan fingerprint density at radius 2 is 1.81 bits per heavy atom. The van der Waals surface area contributed by atoms with Crippen LogP contribution in [-0.2, 0) is 14.3 Å². The molecule has 0 heterocycles. The summed E-state index contributed by atoms with van der Waals surface area (Å²) in [7, 11) is 0. The number of hydrogen-bond acceptors (Lipinski definition) is 4. The van der Waals surface area contributed by atoms with Crippen molar-refractivity contribution in [1.82, 2.24) is 0 Å². The molecule has 4 aliphatic carbocycles. The van der Waals surface area contributed by atoms with Gasteiger partial charge < -0.3 is 9.84 Å². The zero-order valence-electron chi connectivity index (χ0n) is 16.7. The Balaban J connectivity index is 1.68. The predicted molar refractivity (Wildman–Crippen MR) is 98.5 cm³/mol. The van der Waals surface area contributed by atoms with Gasteiger partial charge in [0, 0.05) is 24.2 Å². The van der Waals surface area contributed by atoms with E-state index in [9.17, 15) is 14.7 Å². The summed E-state index contributed by atoms with van der Waals surface area (Å²) in [5.74, 6) is 1.59. The molecule has 4 aliphatic rings. The first-order chi connectivity index (χ1) is 12.2. The predicted octanol–water partition coefficient (Wildman–Crippen LogP) is 3.54. The second-order valence-electron chi connectivity index (χ2n) is 10.2. The monoisotopic (exact) mass is 362 g/mol. The van der Waals surface area contributed by atoms with E-state index >= 15 is 0 Å². The van der Waals surface area contributed by atoms with E-state index in [1.165, 1.54) is 0 Å². The molecule has 4 fully saturated rings. The van der Waals surface area contributed by atoms with Crippen LogP contribution < -0.4 is 0 Å². The number of carbonyl (C=O) groups excluding carboxylic acids is 2. The maximum Gasteiger partial charge on any atom is 0.139 e. The molecule has 0 saturated heterocycles. The van der Waals surface area contributed by atoms with Gasteiger partial charge in [-0.15, -0.1) is 0 Å². The van der Waals surface area contributed by atoms with E-state index < -0.39 is 11.5 Å². The number of Topliss-reactive ketones (excluding diaryl/α,β-unsaturated/α-hetero) is 2. The van der Waals surface area contributed by atoms with E-state index in [-0.39, 0.29) is 29.5 Å². The first kappa shape index (κ1) is 18.6. The van der Waals surface area contributed by atoms with Crippen molar-refractivity contribution in [2.24, 2.45) is 34.5 Å². The average molecular weight is 363 g/mol. The molecule has 4 heteroatoms. The lowest BCUT2D eigenvalue weighted by atomic mass is 9.44. The molecule has 0 aromatic carbocycles. The van der Waals surface area contributed by atoms with Crippen LogP contribution in [0.4, 0.5) is 0 Å². The van der Waals surface area contributed by atoms with Crippen molar-refractivity contribution in [3.05, 3.63) is 0 Å². The number of aliphatic hydroxyl groups is 1. The van der Waals surface area contributed by atoms with Crippen LogP contribution in [0.3, 0.4) is 0 Å². The van der Waals surface area contributed by atoms with E-state index in [0.29, 0.717) is 42.7 Å². The fraction of sp³-hybridized carbons (Fsp3) is 0.909. The van der Waals surface area contributed by atoms with Gasteiger partial charge in [0.25, 0.3) is 0 Å². The molecule has 1 N–H and O–H groups in total. The lowest BCUT2D eigenvalue weighted by molar-refractivity contribution is -0.197. The maximum absolute atomic E-state index is 13.3. The molecule has 4 rings (SSSR count). The van der Waals surface area contributed by atoms with E-state index in [1.54, 1.807) is 0 Å². The molecule has 0 aromatic heterocycles. The molecule has 0 aliphatic heterocycles. The number of hydrogen-bond donors (Lipinski definition) is 1. The molecule has 0 unspecified atom stereocenters. The quantitative estimate of drug-likeness (QED) is 0.816. The zero-order chi connectivity index (χ0) is 18.9. The number of ether oxygens (including phenoxy) is 1. The molecule has 4 saturated carbocycles. The van der Waals surface area contributed by atoms with Gasteiger partial charge in [0.05, 0.1) is 18.3 Å². The fourth-order valence-corrected chi connectivity index (χ4v) is 7.39. The fourth-order valence-electron chi connectivity index (χ4n) is 7.39. The third kappa shape index (κ3) is 2.47. The summed E-state index contributed by atoms with van der Waals surface area (Å²) in [4.78, 5) is 25.9. The van der Waals surface area contributed by atoms with Crippen LogP contribution in [0.5, 0.6) is 0 Å². The molecular weight excluding hydrogens is 328 g/mol. The smallest absolute Gasteiger partial charge is 0.139 e. The van der Waals surface area contributed by atoms with Crippen LogP contribution in [0.25, 0.3) is 0 Å². The second-order valence-corrected chi connectivity index (χ2v) is 10.2. The number of carbonyl (C=O) groups is 2. The summed E-state index contributed by atoms with van der Waals surface area (Å²) in [6.07, 6.45) is 5.11. The summed E-state index contributed by atoms with van der Waals surface area (Å²) in [6, 6.07) is 0. The molecule has 26 heavy (non-hydrogen) atoms. The van der Waals surface area contributed by atoms with Crippen molar-refractivity contribution in [2.75, 3.05) is 0 Å². The Hall–Kier alpha value is -0.740. The Morgan fingerprint density at radius 3 is 2.50 bits per heavy atom. The van der Waals surface area contributed by atoms with Gasteiger partial charge in [-0.2, -0.15) is 0 Å². The Labute approximate surface area is 157 Å². The normalized spacial score (nSPS) is 51.2. The minimum atomic E-state index is -0.427. The van der Waals surface area contributed by atoms with Gasteiger partial charge in [0.2, 0.25) is 0 Å². The largest absolute Gasteiger partial charge is 0.390 e. The van der Waals surface area contributed by atoms with Crippen molar-refractivity contribution in [1.29, 1.82) is 0 Å². The summed E-state index contributed by atoms with van der Waals surface area (Å²) in [5, 5.41) is 10.6. The number of rotatable bonds is 2. The van der Waals surface area contributed by atoms with Crippen molar-refractivity contribution < 1.29 is 19.4 Å². The number of aliphatic hydroxyl groups excluding tert-OH is 1. The summed E-state index contributed by atoms with van der Waals surface area (Å²) in [6.45, 7) is 8.36. The molecule has 4 nitrogen and oxygen atoms in total. The maximum atomic E-state index is 13.3. The van der Waals surface area contributed by atoms with Gasteiger partial charge in [-0.05, 0) is 69.1 Å². The average Bonchev–Trinajstić information content (AvgIpc) is 2.85. The Morgan fingerprint density at radius 1 is 1.08 bits per heavy atom. The van der Waals surface area contributed by atoms with Crippen molar-refractivity contribution in [3.63, 3.8) is 0 Å². The van der Waals surface area contributed by atoms with Gasteiger partial charge in [0.1, 0.15) is 11.6 Å². The highest BCUT2D eigenvalue weighted by molar-refractivity contribution is 5.95. The van der Waals surface area contributed by atoms with Crippen LogP contribution in [0.2, 0.25) is 0 Å². The molecule has 0 radical (unpaired) electrons. The van der Waals surface area contributed by atoms with Gasteiger partial charge in [0.15, 0.2) is 0 Å². The molecule has 146 valence electrons. The molecule has 0 amide bonds. The van der Waals surface area contributed by atoms with Gasteiger partial charge >= 0.3 is 0 Å². The van der Waals surface area contributed by atoms with Crippen molar-refractivity contribution in [2.45, 2.75) is 91.0 Å². The van der Waals surface area contributed by atoms with Crippen molar-refractivity contribution >= 4 is 11.6 Å². The van der Waals surface area contributed by atoms with Gasteiger partial charge in [-0.25, -0.2) is 0 Å². The minimum Gasteiger partial charge on any atom is -0.390 e. The van der Waals surface area contributed by atoms with Crippen LogP contribution in [0.1, 0.15) is 72.6 Å². The highest BCUT2D eigenvalue weighted by Crippen LogP contribution is 2.64. The lowest BCUT2D eigenvalue weighted by Gasteiger charge is -2.60. The third-order valence-electron chi connectivity index (χ3n) is 8.52. The highest BCUT2D eigenvalue weighted by atomic mass is 16.5. The van der Waals surface area contributed by atoms with E-state index in [4.69, 9.17) is 4.74 Å². The molecule has 8 atom stereocenters. The minimum absolute atomic E-state index is 0.0380. The molecule has 0 spiro atoms. The van der Waals surface area contributed by atoms with Gasteiger partial charge in [-0.3, -0.25) is 9.59 Å². The third-order valence-corrected chi connectivity index (χ3v) is 8.52. The molecule has 0 aromatic rings. The lowest BCUT2D eigenvalue weighted by Crippen LogP contribution is -2.61. The van der Waals surface area contributed by atoms with E-state index in [0.717, 1.165) is 25.7 Å². The van der Waals surface area contributed by atoms with Gasteiger partial charge in [-0.1, -0.05) is 13.8 Å². The Bertz CT molecular complexity index is 613. The van der Waals surface area contributed by atoms with Crippen LogP contribution >= 0.6 is 0 Å².